The Morgan fingerprint density at radius 3 is 2.65 bits per heavy atom. The number of aromatic nitrogens is 3. The molecule has 3 aromatic rings. The van der Waals surface area contributed by atoms with Gasteiger partial charge < -0.3 is 10.7 Å². The highest BCUT2D eigenvalue weighted by atomic mass is 32.1. The number of nitrogens with zero attached hydrogens (tertiary/aromatic N) is 2. The molecule has 86 valence electrons. The Kier molecular flexibility index (Phi) is 2.16. The molecular weight excluding hydrogens is 232 g/mol. The quantitative estimate of drug-likeness (QED) is 0.691. The van der Waals surface area contributed by atoms with E-state index in [9.17, 15) is 0 Å². The van der Waals surface area contributed by atoms with Gasteiger partial charge in [0, 0.05) is 5.38 Å². The first-order chi connectivity index (χ1) is 8.13. The summed E-state index contributed by atoms with van der Waals surface area (Å²) in [5, 5.41) is 2.47. The molecule has 0 aliphatic rings. The van der Waals surface area contributed by atoms with Crippen LogP contribution >= 0.6 is 11.3 Å². The van der Waals surface area contributed by atoms with Gasteiger partial charge in [-0.1, -0.05) is 0 Å². The molecule has 0 fully saturated rings. The number of imidazole rings is 1. The van der Waals surface area contributed by atoms with Gasteiger partial charge in [-0.2, -0.15) is 0 Å². The summed E-state index contributed by atoms with van der Waals surface area (Å²) in [6.07, 6.45) is 0. The summed E-state index contributed by atoms with van der Waals surface area (Å²) in [7, 11) is 0. The zero-order valence-electron chi connectivity index (χ0n) is 9.61. The lowest BCUT2D eigenvalue weighted by molar-refractivity contribution is 1.28. The van der Waals surface area contributed by atoms with Gasteiger partial charge in [0.05, 0.1) is 11.0 Å². The molecule has 3 N–H and O–H groups in total. The average molecular weight is 244 g/mol. The van der Waals surface area contributed by atoms with E-state index in [1.165, 1.54) is 22.5 Å². The molecule has 0 aliphatic heterocycles. The fraction of sp³-hybridized carbons (Fsp3) is 0.167. The molecule has 0 bridgehead atoms. The third kappa shape index (κ3) is 1.68. The molecule has 0 saturated heterocycles. The topological polar surface area (TPSA) is 67.6 Å². The molecule has 0 amide bonds. The second-order valence-corrected chi connectivity index (χ2v) is 5.00. The molecular formula is C12H12N4S. The van der Waals surface area contributed by atoms with Crippen LogP contribution in [0.25, 0.3) is 22.6 Å². The van der Waals surface area contributed by atoms with E-state index in [0.717, 1.165) is 22.6 Å². The number of aryl methyl sites for hydroxylation is 2. The van der Waals surface area contributed by atoms with Gasteiger partial charge >= 0.3 is 0 Å². The molecule has 5 heteroatoms. The fourth-order valence-corrected chi connectivity index (χ4v) is 2.33. The number of H-pyrrole nitrogens is 1. The number of hydrogen-bond acceptors (Lipinski definition) is 4. The van der Waals surface area contributed by atoms with E-state index in [-0.39, 0.29) is 0 Å². The predicted octanol–water partition coefficient (Wildman–Crippen LogP) is 2.89. The molecule has 0 atom stereocenters. The first-order valence-electron chi connectivity index (χ1n) is 5.32. The number of nitrogens with two attached hydrogens (primary N) is 1. The molecule has 0 spiro atoms. The van der Waals surface area contributed by atoms with Crippen LogP contribution in [0.15, 0.2) is 17.5 Å². The smallest absolute Gasteiger partial charge is 0.180 e. The van der Waals surface area contributed by atoms with Gasteiger partial charge in [-0.05, 0) is 37.1 Å². The van der Waals surface area contributed by atoms with Crippen LogP contribution in [-0.4, -0.2) is 15.0 Å². The summed E-state index contributed by atoms with van der Waals surface area (Å²) in [6.45, 7) is 4.18. The van der Waals surface area contributed by atoms with E-state index in [1.54, 1.807) is 0 Å². The number of hydrogen-bond donors (Lipinski definition) is 2. The molecule has 1 aromatic carbocycles. The van der Waals surface area contributed by atoms with Crippen LogP contribution in [-0.2, 0) is 0 Å². The Labute approximate surface area is 103 Å². The minimum atomic E-state index is 0.563. The Hall–Kier alpha value is -1.88. The zero-order chi connectivity index (χ0) is 12.0. The van der Waals surface area contributed by atoms with E-state index in [0.29, 0.717) is 5.13 Å². The van der Waals surface area contributed by atoms with Gasteiger partial charge in [-0.15, -0.1) is 11.3 Å². The molecule has 2 aromatic heterocycles. The number of anilines is 1. The Bertz CT molecular complexity index is 657. The van der Waals surface area contributed by atoms with Crippen LogP contribution in [0.5, 0.6) is 0 Å². The monoisotopic (exact) mass is 244 g/mol. The Balaban J connectivity index is 2.19. The lowest BCUT2D eigenvalue weighted by Crippen LogP contribution is -1.83. The zero-order valence-corrected chi connectivity index (χ0v) is 10.4. The van der Waals surface area contributed by atoms with Crippen molar-refractivity contribution in [1.82, 2.24) is 15.0 Å². The van der Waals surface area contributed by atoms with Gasteiger partial charge in [0.15, 0.2) is 11.0 Å². The standard InChI is InChI=1S/C12H12N4S/c1-6-3-8-9(4-7(6)2)15-11(14-8)10-5-17-12(13)16-10/h3-5H,1-2H3,(H2,13,16)(H,14,15). The summed E-state index contributed by atoms with van der Waals surface area (Å²) in [5.74, 6) is 0.776. The molecule has 2 heterocycles. The van der Waals surface area contributed by atoms with E-state index in [2.05, 4.69) is 40.9 Å². The molecule has 0 aliphatic carbocycles. The third-order valence-electron chi connectivity index (χ3n) is 2.86. The number of rotatable bonds is 1. The minimum Gasteiger partial charge on any atom is -0.375 e. The molecule has 0 saturated carbocycles. The highest BCUT2D eigenvalue weighted by Gasteiger charge is 2.09. The van der Waals surface area contributed by atoms with Crippen LogP contribution in [0.1, 0.15) is 11.1 Å². The normalized spacial score (nSPS) is 11.2. The summed E-state index contributed by atoms with van der Waals surface area (Å²) in [4.78, 5) is 12.0. The van der Waals surface area contributed by atoms with Crippen LogP contribution < -0.4 is 5.73 Å². The molecule has 0 radical (unpaired) electrons. The fourth-order valence-electron chi connectivity index (χ4n) is 1.79. The van der Waals surface area contributed by atoms with Crippen molar-refractivity contribution in [1.29, 1.82) is 0 Å². The maximum Gasteiger partial charge on any atom is 0.180 e. The first-order valence-corrected chi connectivity index (χ1v) is 6.20. The van der Waals surface area contributed by atoms with Crippen molar-refractivity contribution < 1.29 is 0 Å². The maximum absolute atomic E-state index is 5.62. The molecule has 17 heavy (non-hydrogen) atoms. The van der Waals surface area contributed by atoms with Gasteiger partial charge in [0.25, 0.3) is 0 Å². The number of benzene rings is 1. The van der Waals surface area contributed by atoms with E-state index >= 15 is 0 Å². The van der Waals surface area contributed by atoms with Crippen LogP contribution in [0, 0.1) is 13.8 Å². The number of thiazole rings is 1. The Morgan fingerprint density at radius 2 is 1.94 bits per heavy atom. The highest BCUT2D eigenvalue weighted by molar-refractivity contribution is 7.13. The highest BCUT2D eigenvalue weighted by Crippen LogP contribution is 2.24. The van der Waals surface area contributed by atoms with Crippen molar-refractivity contribution in [3.8, 4) is 11.5 Å². The van der Waals surface area contributed by atoms with E-state index < -0.39 is 0 Å². The van der Waals surface area contributed by atoms with Crippen LogP contribution in [0.3, 0.4) is 0 Å². The van der Waals surface area contributed by atoms with Gasteiger partial charge in [0.1, 0.15) is 5.69 Å². The first kappa shape index (κ1) is 10.3. The van der Waals surface area contributed by atoms with Crippen molar-refractivity contribution in [2.24, 2.45) is 0 Å². The summed E-state index contributed by atoms with van der Waals surface area (Å²) < 4.78 is 0. The number of fused-ring (bicyclic) bond motifs is 1. The second-order valence-electron chi connectivity index (χ2n) is 4.11. The Morgan fingerprint density at radius 1 is 1.18 bits per heavy atom. The van der Waals surface area contributed by atoms with Crippen molar-refractivity contribution >= 4 is 27.5 Å². The lowest BCUT2D eigenvalue weighted by atomic mass is 10.1. The van der Waals surface area contributed by atoms with Crippen LogP contribution in [0.2, 0.25) is 0 Å². The van der Waals surface area contributed by atoms with Crippen LogP contribution in [0.4, 0.5) is 5.13 Å². The second kappa shape index (κ2) is 3.56. The minimum absolute atomic E-state index is 0.563. The van der Waals surface area contributed by atoms with Gasteiger partial charge in [-0.25, -0.2) is 9.97 Å². The summed E-state index contributed by atoms with van der Waals surface area (Å²) in [6, 6.07) is 4.19. The SMILES string of the molecule is Cc1cc2nc(-c3csc(N)n3)[nH]c2cc1C. The summed E-state index contributed by atoms with van der Waals surface area (Å²) >= 11 is 1.42. The molecule has 0 unspecified atom stereocenters. The lowest BCUT2D eigenvalue weighted by Gasteiger charge is -1.97. The predicted molar refractivity (Wildman–Crippen MR) is 71.1 cm³/mol. The number of nitrogen functional groups attached to an aromatic ring is 1. The third-order valence-corrected chi connectivity index (χ3v) is 3.54. The number of aromatic amines is 1. The van der Waals surface area contributed by atoms with Crippen molar-refractivity contribution in [2.45, 2.75) is 13.8 Å². The van der Waals surface area contributed by atoms with E-state index in [1.807, 2.05) is 5.38 Å². The van der Waals surface area contributed by atoms with Gasteiger partial charge in [-0.3, -0.25) is 0 Å². The summed E-state index contributed by atoms with van der Waals surface area (Å²) in [5.41, 5.74) is 10.9. The maximum atomic E-state index is 5.62. The number of nitrogens with one attached hydrogen (secondary N) is 1. The molecule has 4 nitrogen and oxygen atoms in total. The largest absolute Gasteiger partial charge is 0.375 e. The van der Waals surface area contributed by atoms with E-state index in [4.69, 9.17) is 5.73 Å². The average Bonchev–Trinajstić information content (AvgIpc) is 2.85. The molecule has 3 rings (SSSR count). The van der Waals surface area contributed by atoms with Crippen molar-refractivity contribution in [2.75, 3.05) is 5.73 Å². The van der Waals surface area contributed by atoms with Crippen molar-refractivity contribution in [3.63, 3.8) is 0 Å². The van der Waals surface area contributed by atoms with Crippen molar-refractivity contribution in [3.05, 3.63) is 28.6 Å². The van der Waals surface area contributed by atoms with Gasteiger partial charge in [0.2, 0.25) is 0 Å².